The first-order chi connectivity index (χ1) is 8.30. The summed E-state index contributed by atoms with van der Waals surface area (Å²) in [6, 6.07) is 0. The van der Waals surface area contributed by atoms with Crippen LogP contribution in [0.3, 0.4) is 0 Å². The Bertz CT molecular complexity index is 387. The Morgan fingerprint density at radius 2 is 1.67 bits per heavy atom. The second-order valence-electron chi connectivity index (χ2n) is 5.01. The predicted octanol–water partition coefficient (Wildman–Crippen LogP) is 2.75. The number of hydrogen-bond acceptors (Lipinski definition) is 2. The van der Waals surface area contributed by atoms with Crippen molar-refractivity contribution >= 4 is 16.6 Å². The van der Waals surface area contributed by atoms with Gasteiger partial charge in [-0.05, 0) is 25.7 Å². The first kappa shape index (κ1) is 13.8. The van der Waals surface area contributed by atoms with E-state index < -0.39 is 34.3 Å². The molecular weight excluding hydrogens is 265 g/mol. The third-order valence-electron chi connectivity index (χ3n) is 3.81. The Morgan fingerprint density at radius 1 is 1.17 bits per heavy atom. The van der Waals surface area contributed by atoms with Crippen LogP contribution < -0.4 is 0 Å². The van der Waals surface area contributed by atoms with Gasteiger partial charge in [-0.2, -0.15) is 13.2 Å². The standard InChI is InChI=1S/C12H15F3O2S/c1-7(12(13,14)15)11(16)8-5-9-3-2-4-10(6-8)18(9)17/h8-10H,1-6H2. The van der Waals surface area contributed by atoms with Gasteiger partial charge in [-0.15, -0.1) is 0 Å². The molecular formula is C12H15F3O2S. The molecule has 0 aromatic rings. The predicted molar refractivity (Wildman–Crippen MR) is 62.5 cm³/mol. The van der Waals surface area contributed by atoms with Crippen LogP contribution in [0.4, 0.5) is 13.2 Å². The molecule has 2 fully saturated rings. The molecule has 2 aliphatic rings. The number of alkyl halides is 3. The van der Waals surface area contributed by atoms with Crippen molar-refractivity contribution in [3.8, 4) is 0 Å². The summed E-state index contributed by atoms with van der Waals surface area (Å²) in [6.07, 6.45) is -1.55. The second kappa shape index (κ2) is 4.79. The third-order valence-corrected chi connectivity index (χ3v) is 5.98. The molecule has 102 valence electrons. The quantitative estimate of drug-likeness (QED) is 0.729. The van der Waals surface area contributed by atoms with E-state index in [0.717, 1.165) is 19.3 Å². The number of ketones is 1. The summed E-state index contributed by atoms with van der Waals surface area (Å²) in [6.45, 7) is 2.86. The molecule has 0 spiro atoms. The molecule has 0 radical (unpaired) electrons. The summed E-state index contributed by atoms with van der Waals surface area (Å²) in [4.78, 5) is 11.8. The van der Waals surface area contributed by atoms with Gasteiger partial charge in [0.1, 0.15) is 0 Å². The minimum absolute atomic E-state index is 0.104. The second-order valence-corrected chi connectivity index (χ2v) is 7.00. The normalized spacial score (nSPS) is 36.2. The van der Waals surface area contributed by atoms with E-state index in [1.807, 2.05) is 0 Å². The van der Waals surface area contributed by atoms with Crippen molar-refractivity contribution in [2.75, 3.05) is 0 Å². The third kappa shape index (κ3) is 2.53. The molecule has 0 aliphatic carbocycles. The van der Waals surface area contributed by atoms with Crippen molar-refractivity contribution in [3.63, 3.8) is 0 Å². The van der Waals surface area contributed by atoms with E-state index in [-0.39, 0.29) is 10.5 Å². The molecule has 2 nitrogen and oxygen atoms in total. The molecule has 0 N–H and O–H groups in total. The number of hydrogen-bond donors (Lipinski definition) is 0. The topological polar surface area (TPSA) is 34.1 Å². The number of carbonyl (C=O) groups is 1. The Balaban J connectivity index is 2.10. The van der Waals surface area contributed by atoms with E-state index in [2.05, 4.69) is 6.58 Å². The minimum atomic E-state index is -4.65. The van der Waals surface area contributed by atoms with Crippen LogP contribution in [-0.4, -0.2) is 26.7 Å². The van der Waals surface area contributed by atoms with Gasteiger partial charge in [0.25, 0.3) is 0 Å². The number of fused-ring (bicyclic) bond motifs is 2. The average molecular weight is 280 g/mol. The van der Waals surface area contributed by atoms with E-state index in [1.165, 1.54) is 0 Å². The molecule has 2 saturated heterocycles. The van der Waals surface area contributed by atoms with Gasteiger partial charge in [0.15, 0.2) is 5.78 Å². The molecule has 2 aliphatic heterocycles. The van der Waals surface area contributed by atoms with Gasteiger partial charge >= 0.3 is 6.18 Å². The molecule has 2 unspecified atom stereocenters. The molecule has 0 aromatic heterocycles. The fourth-order valence-corrected chi connectivity index (χ4v) is 5.02. The van der Waals surface area contributed by atoms with Crippen LogP contribution >= 0.6 is 0 Å². The lowest BCUT2D eigenvalue weighted by Crippen LogP contribution is -2.42. The van der Waals surface area contributed by atoms with Crippen LogP contribution in [0.5, 0.6) is 0 Å². The van der Waals surface area contributed by atoms with E-state index in [1.54, 1.807) is 0 Å². The highest BCUT2D eigenvalue weighted by atomic mass is 32.2. The number of halogens is 3. The maximum atomic E-state index is 12.4. The van der Waals surface area contributed by atoms with E-state index in [0.29, 0.717) is 12.8 Å². The molecule has 2 heterocycles. The summed E-state index contributed by atoms with van der Waals surface area (Å²) in [5.74, 6) is -1.55. The van der Waals surface area contributed by atoms with Gasteiger partial charge < -0.3 is 0 Å². The number of Topliss-reactive ketones (excluding diaryl/α,β-unsaturated/α-hetero) is 1. The fraction of sp³-hybridized carbons (Fsp3) is 0.750. The van der Waals surface area contributed by atoms with Crippen LogP contribution in [-0.2, 0) is 15.6 Å². The summed E-state index contributed by atoms with van der Waals surface area (Å²) in [7, 11) is -0.971. The summed E-state index contributed by atoms with van der Waals surface area (Å²) >= 11 is 0. The molecule has 6 heteroatoms. The Hall–Kier alpha value is -0.650. The summed E-state index contributed by atoms with van der Waals surface area (Å²) in [5, 5.41) is -0.208. The summed E-state index contributed by atoms with van der Waals surface area (Å²) < 4.78 is 49.2. The highest BCUT2D eigenvalue weighted by molar-refractivity contribution is 7.86. The van der Waals surface area contributed by atoms with E-state index >= 15 is 0 Å². The van der Waals surface area contributed by atoms with Crippen LogP contribution in [0.2, 0.25) is 0 Å². The van der Waals surface area contributed by atoms with Gasteiger partial charge in [-0.3, -0.25) is 9.00 Å². The number of rotatable bonds is 2. The highest BCUT2D eigenvalue weighted by Gasteiger charge is 2.45. The lowest BCUT2D eigenvalue weighted by Gasteiger charge is -2.37. The zero-order chi connectivity index (χ0) is 13.5. The first-order valence-corrected chi connectivity index (χ1v) is 7.28. The van der Waals surface area contributed by atoms with Crippen LogP contribution in [0.1, 0.15) is 32.1 Å². The van der Waals surface area contributed by atoms with Gasteiger partial charge in [-0.1, -0.05) is 13.0 Å². The van der Waals surface area contributed by atoms with Crippen LogP contribution in [0, 0.1) is 5.92 Å². The Morgan fingerprint density at radius 3 is 2.11 bits per heavy atom. The maximum Gasteiger partial charge on any atom is 0.419 e. The van der Waals surface area contributed by atoms with Crippen molar-refractivity contribution in [1.82, 2.24) is 0 Å². The van der Waals surface area contributed by atoms with Crippen molar-refractivity contribution in [2.24, 2.45) is 5.92 Å². The highest BCUT2D eigenvalue weighted by Crippen LogP contribution is 2.39. The molecule has 2 bridgehead atoms. The van der Waals surface area contributed by atoms with E-state index in [9.17, 15) is 22.2 Å². The first-order valence-electron chi connectivity index (χ1n) is 6.00. The van der Waals surface area contributed by atoms with Gasteiger partial charge in [0.05, 0.1) is 5.57 Å². The van der Waals surface area contributed by atoms with Crippen molar-refractivity contribution in [2.45, 2.75) is 48.8 Å². The van der Waals surface area contributed by atoms with Crippen molar-refractivity contribution in [3.05, 3.63) is 12.2 Å². The Kier molecular flexibility index (Phi) is 3.67. The molecule has 18 heavy (non-hydrogen) atoms. The van der Waals surface area contributed by atoms with Crippen molar-refractivity contribution in [1.29, 1.82) is 0 Å². The smallest absolute Gasteiger partial charge is 0.294 e. The van der Waals surface area contributed by atoms with Crippen molar-refractivity contribution < 1.29 is 22.2 Å². The van der Waals surface area contributed by atoms with Crippen LogP contribution in [0.15, 0.2) is 12.2 Å². The van der Waals surface area contributed by atoms with Gasteiger partial charge in [0, 0.05) is 27.2 Å². The summed E-state index contributed by atoms with van der Waals surface area (Å²) in [5.41, 5.74) is -1.27. The SMILES string of the molecule is C=C(C(=O)C1CC2CCCC(C1)S2=O)C(F)(F)F. The average Bonchev–Trinajstić information content (AvgIpc) is 2.25. The monoisotopic (exact) mass is 280 g/mol. The largest absolute Gasteiger partial charge is 0.419 e. The van der Waals surface area contributed by atoms with E-state index in [4.69, 9.17) is 0 Å². The zero-order valence-electron chi connectivity index (χ0n) is 9.83. The molecule has 0 amide bonds. The minimum Gasteiger partial charge on any atom is -0.294 e. The lowest BCUT2D eigenvalue weighted by molar-refractivity contribution is -0.132. The number of allylic oxidation sites excluding steroid dienone is 1. The number of carbonyl (C=O) groups excluding carboxylic acids is 1. The zero-order valence-corrected chi connectivity index (χ0v) is 10.6. The van der Waals surface area contributed by atoms with Gasteiger partial charge in [0.2, 0.25) is 0 Å². The molecule has 2 rings (SSSR count). The maximum absolute atomic E-state index is 12.4. The van der Waals surface area contributed by atoms with Crippen LogP contribution in [0.25, 0.3) is 0 Å². The molecule has 0 saturated carbocycles. The molecule has 0 aromatic carbocycles. The van der Waals surface area contributed by atoms with Gasteiger partial charge in [-0.25, -0.2) is 0 Å². The molecule has 2 atom stereocenters. The lowest BCUT2D eigenvalue weighted by atomic mass is 9.84. The fourth-order valence-electron chi connectivity index (χ4n) is 2.83. The Labute approximate surface area is 106 Å².